The summed E-state index contributed by atoms with van der Waals surface area (Å²) in [4.78, 5) is 26.9. The molecule has 1 aliphatic rings. The van der Waals surface area contributed by atoms with Crippen LogP contribution in [0.5, 0.6) is 0 Å². The zero-order valence-corrected chi connectivity index (χ0v) is 14.2. The van der Waals surface area contributed by atoms with Gasteiger partial charge < -0.3 is 5.32 Å². The molecule has 6 nitrogen and oxygen atoms in total. The molecular formula is C17H17F3N4O2. The normalized spacial score (nSPS) is 15.0. The maximum atomic E-state index is 14.1. The maximum absolute atomic E-state index is 14.1. The van der Waals surface area contributed by atoms with Crippen molar-refractivity contribution in [3.63, 3.8) is 0 Å². The Morgan fingerprint density at radius 3 is 2.58 bits per heavy atom. The lowest BCUT2D eigenvalue weighted by Gasteiger charge is -2.24. The number of rotatable bonds is 6. The third kappa shape index (κ3) is 3.47. The highest BCUT2D eigenvalue weighted by Gasteiger charge is 2.50. The Balaban J connectivity index is 1.93. The van der Waals surface area contributed by atoms with Crippen molar-refractivity contribution in [3.8, 4) is 5.69 Å². The van der Waals surface area contributed by atoms with Crippen molar-refractivity contribution < 1.29 is 22.8 Å². The largest absolute Gasteiger partial charge is 0.324 e. The Labute approximate surface area is 147 Å². The number of aromatic nitrogens is 3. The first-order chi connectivity index (χ1) is 12.1. The Morgan fingerprint density at radius 2 is 2.00 bits per heavy atom. The minimum atomic E-state index is -3.79. The lowest BCUT2D eigenvalue weighted by molar-refractivity contribution is -0.130. The van der Waals surface area contributed by atoms with Crippen LogP contribution in [0.1, 0.15) is 42.9 Å². The quantitative estimate of drug-likeness (QED) is 0.796. The van der Waals surface area contributed by atoms with Gasteiger partial charge in [-0.15, -0.1) is 0 Å². The van der Waals surface area contributed by atoms with Crippen LogP contribution in [-0.2, 0) is 10.7 Å². The number of hydrogen-bond donors (Lipinski definition) is 1. The molecule has 2 aromatic rings. The molecule has 2 heterocycles. The highest BCUT2D eigenvalue weighted by molar-refractivity contribution is 5.93. The molecule has 1 amide bonds. The summed E-state index contributed by atoms with van der Waals surface area (Å²) in [5.74, 6) is -3.95. The van der Waals surface area contributed by atoms with Crippen LogP contribution < -0.4 is 5.32 Å². The van der Waals surface area contributed by atoms with Gasteiger partial charge in [-0.2, -0.15) is 13.9 Å². The molecular weight excluding hydrogens is 349 g/mol. The number of pyridine rings is 1. The zero-order chi connectivity index (χ0) is 19.1. The van der Waals surface area contributed by atoms with Crippen LogP contribution in [0.25, 0.3) is 5.69 Å². The van der Waals surface area contributed by atoms with Crippen molar-refractivity contribution in [2.75, 3.05) is 5.32 Å². The van der Waals surface area contributed by atoms with Crippen molar-refractivity contribution in [2.24, 2.45) is 5.92 Å². The van der Waals surface area contributed by atoms with Gasteiger partial charge in [-0.25, -0.2) is 14.1 Å². The van der Waals surface area contributed by atoms with Crippen molar-refractivity contribution in [1.82, 2.24) is 14.8 Å². The summed E-state index contributed by atoms with van der Waals surface area (Å²) < 4.78 is 43.1. The molecule has 0 bridgehead atoms. The summed E-state index contributed by atoms with van der Waals surface area (Å²) in [5.41, 5.74) is -3.28. The van der Waals surface area contributed by atoms with Gasteiger partial charge in [0.05, 0.1) is 5.69 Å². The van der Waals surface area contributed by atoms with E-state index in [1.165, 1.54) is 18.3 Å². The standard InChI is InChI=1S/C17H17F3N4O2/c1-16(2,18)17(19,20)13-5-6-24(23-13)12-7-11(9-25)21-14(8-12)22-15(26)10-3-4-10/h5-10H,3-4H2,1-2H3,(H,21,22,26). The lowest BCUT2D eigenvalue weighted by atomic mass is 10.00. The highest BCUT2D eigenvalue weighted by atomic mass is 19.3. The van der Waals surface area contributed by atoms with Crippen LogP contribution in [0.15, 0.2) is 24.4 Å². The van der Waals surface area contributed by atoms with Crippen LogP contribution in [-0.4, -0.2) is 32.6 Å². The number of halogens is 3. The van der Waals surface area contributed by atoms with Gasteiger partial charge in [-0.1, -0.05) is 0 Å². The van der Waals surface area contributed by atoms with Gasteiger partial charge in [0, 0.05) is 18.2 Å². The molecule has 138 valence electrons. The molecule has 0 spiro atoms. The zero-order valence-electron chi connectivity index (χ0n) is 14.2. The monoisotopic (exact) mass is 366 g/mol. The van der Waals surface area contributed by atoms with Crippen molar-refractivity contribution in [2.45, 2.75) is 38.3 Å². The predicted octanol–water partition coefficient (Wildman–Crippen LogP) is 3.27. The molecule has 0 radical (unpaired) electrons. The number of alkyl halides is 3. The molecule has 2 aromatic heterocycles. The second-order valence-corrected chi connectivity index (χ2v) is 6.71. The van der Waals surface area contributed by atoms with Crippen molar-refractivity contribution in [3.05, 3.63) is 35.8 Å². The number of aldehydes is 1. The SMILES string of the molecule is CC(C)(F)C(F)(F)c1ccn(-c2cc(C=O)nc(NC(=O)C3CC3)c2)n1. The Morgan fingerprint density at radius 1 is 1.31 bits per heavy atom. The Bertz CT molecular complexity index is 854. The van der Waals surface area contributed by atoms with Gasteiger partial charge in [-0.3, -0.25) is 9.59 Å². The van der Waals surface area contributed by atoms with E-state index < -0.39 is 17.3 Å². The molecule has 0 saturated heterocycles. The molecule has 0 aliphatic heterocycles. The summed E-state index contributed by atoms with van der Waals surface area (Å²) in [7, 11) is 0. The van der Waals surface area contributed by atoms with E-state index in [1.54, 1.807) is 0 Å². The van der Waals surface area contributed by atoms with E-state index in [2.05, 4.69) is 15.4 Å². The number of amides is 1. The van der Waals surface area contributed by atoms with Crippen molar-refractivity contribution >= 4 is 18.0 Å². The molecule has 1 saturated carbocycles. The lowest BCUT2D eigenvalue weighted by Crippen LogP contribution is -2.36. The van der Waals surface area contributed by atoms with Crippen LogP contribution in [0.3, 0.4) is 0 Å². The summed E-state index contributed by atoms with van der Waals surface area (Å²) >= 11 is 0. The van der Waals surface area contributed by atoms with Crippen LogP contribution >= 0.6 is 0 Å². The number of anilines is 1. The smallest absolute Gasteiger partial charge is 0.310 e. The predicted molar refractivity (Wildman–Crippen MR) is 87.2 cm³/mol. The van der Waals surface area contributed by atoms with Crippen LogP contribution in [0, 0.1) is 5.92 Å². The summed E-state index contributed by atoms with van der Waals surface area (Å²) in [6.45, 7) is 1.54. The molecule has 1 aliphatic carbocycles. The Hall–Kier alpha value is -2.71. The first-order valence-corrected chi connectivity index (χ1v) is 8.03. The summed E-state index contributed by atoms with van der Waals surface area (Å²) in [5, 5.41) is 6.32. The van der Waals surface area contributed by atoms with Crippen LogP contribution in [0.4, 0.5) is 19.0 Å². The Kier molecular flexibility index (Phi) is 4.33. The second-order valence-electron chi connectivity index (χ2n) is 6.71. The first kappa shape index (κ1) is 18.1. The van der Waals surface area contributed by atoms with Gasteiger partial charge in [0.15, 0.2) is 12.0 Å². The van der Waals surface area contributed by atoms with E-state index in [0.29, 0.717) is 6.29 Å². The number of carbonyl (C=O) groups excluding carboxylic acids is 2. The third-order valence-corrected chi connectivity index (χ3v) is 4.07. The maximum Gasteiger partial charge on any atom is 0.324 e. The molecule has 0 aromatic carbocycles. The number of nitrogens with one attached hydrogen (secondary N) is 1. The average Bonchev–Trinajstić information content (AvgIpc) is 3.29. The number of nitrogens with zero attached hydrogens (tertiary/aromatic N) is 3. The molecule has 0 unspecified atom stereocenters. The highest BCUT2D eigenvalue weighted by Crippen LogP contribution is 2.40. The summed E-state index contributed by atoms with van der Waals surface area (Å²) in [6, 6.07) is 3.74. The fourth-order valence-corrected chi connectivity index (χ4v) is 2.31. The van der Waals surface area contributed by atoms with Crippen LogP contribution in [0.2, 0.25) is 0 Å². The molecule has 9 heteroatoms. The average molecular weight is 366 g/mol. The van der Waals surface area contributed by atoms with Gasteiger partial charge >= 0.3 is 5.92 Å². The molecule has 26 heavy (non-hydrogen) atoms. The first-order valence-electron chi connectivity index (χ1n) is 8.03. The van der Waals surface area contributed by atoms with E-state index in [1.807, 2.05) is 0 Å². The van der Waals surface area contributed by atoms with E-state index >= 15 is 0 Å². The number of hydrogen-bond acceptors (Lipinski definition) is 4. The van der Waals surface area contributed by atoms with Gasteiger partial charge in [0.2, 0.25) is 5.91 Å². The fourth-order valence-electron chi connectivity index (χ4n) is 2.31. The molecule has 0 atom stereocenters. The topological polar surface area (TPSA) is 76.9 Å². The minimum Gasteiger partial charge on any atom is -0.310 e. The molecule has 3 rings (SSSR count). The fraction of sp³-hybridized carbons (Fsp3) is 0.412. The van der Waals surface area contributed by atoms with E-state index in [0.717, 1.165) is 37.4 Å². The van der Waals surface area contributed by atoms with Crippen molar-refractivity contribution in [1.29, 1.82) is 0 Å². The van der Waals surface area contributed by atoms with Gasteiger partial charge in [0.25, 0.3) is 0 Å². The van der Waals surface area contributed by atoms with E-state index in [9.17, 15) is 22.8 Å². The third-order valence-electron chi connectivity index (χ3n) is 4.07. The van der Waals surface area contributed by atoms with E-state index in [-0.39, 0.29) is 29.0 Å². The second kappa shape index (κ2) is 6.22. The molecule has 1 fully saturated rings. The number of carbonyl (C=O) groups is 2. The van der Waals surface area contributed by atoms with Gasteiger partial charge in [-0.05, 0) is 38.8 Å². The summed E-state index contributed by atoms with van der Waals surface area (Å²) in [6.07, 6.45) is 3.29. The molecule has 1 N–H and O–H groups in total. The van der Waals surface area contributed by atoms with E-state index in [4.69, 9.17) is 0 Å². The minimum absolute atomic E-state index is 0.00299. The van der Waals surface area contributed by atoms with Gasteiger partial charge in [0.1, 0.15) is 17.2 Å².